The quantitative estimate of drug-likeness (QED) is 0.401. The largest absolute Gasteiger partial charge is 0.370 e. The summed E-state index contributed by atoms with van der Waals surface area (Å²) in [5.74, 6) is 0.944. The minimum Gasteiger partial charge on any atom is -0.370 e. The van der Waals surface area contributed by atoms with E-state index in [9.17, 15) is 9.59 Å². The molecule has 1 aliphatic rings. The maximum atomic E-state index is 12.9. The lowest BCUT2D eigenvalue weighted by atomic mass is 10.1. The Balaban J connectivity index is 1.36. The Morgan fingerprint density at radius 1 is 1.12 bits per heavy atom. The maximum Gasteiger partial charge on any atom is 0.253 e. The molecular formula is C26H31N5O2S. The molecule has 4 rings (SSSR count). The van der Waals surface area contributed by atoms with Gasteiger partial charge in [0, 0.05) is 30.6 Å². The van der Waals surface area contributed by atoms with Gasteiger partial charge in [-0.15, -0.1) is 11.3 Å². The zero-order chi connectivity index (χ0) is 23.8. The lowest BCUT2D eigenvalue weighted by molar-refractivity contribution is -0.120. The molecule has 34 heavy (non-hydrogen) atoms. The summed E-state index contributed by atoms with van der Waals surface area (Å²) < 4.78 is 0. The van der Waals surface area contributed by atoms with Gasteiger partial charge < -0.3 is 16.0 Å². The first-order valence-electron chi connectivity index (χ1n) is 11.9. The van der Waals surface area contributed by atoms with Crippen LogP contribution in [0.5, 0.6) is 0 Å². The van der Waals surface area contributed by atoms with Gasteiger partial charge in [-0.3, -0.25) is 9.59 Å². The van der Waals surface area contributed by atoms with Gasteiger partial charge in [0.05, 0.1) is 28.7 Å². The normalized spacial score (nSPS) is 14.5. The second-order valence-corrected chi connectivity index (χ2v) is 9.43. The number of anilines is 1. The molecule has 0 radical (unpaired) electrons. The summed E-state index contributed by atoms with van der Waals surface area (Å²) in [6, 6.07) is 12.8. The molecule has 1 aliphatic carbocycles. The predicted octanol–water partition coefficient (Wildman–Crippen LogP) is 4.46. The molecule has 2 heterocycles. The van der Waals surface area contributed by atoms with Crippen LogP contribution in [0.1, 0.15) is 71.2 Å². The molecule has 7 nitrogen and oxygen atoms in total. The zero-order valence-electron chi connectivity index (χ0n) is 19.4. The number of carbonyl (C=O) groups excluding carboxylic acids is 2. The fraction of sp³-hybridized carbons (Fsp3) is 0.385. The molecule has 178 valence electrons. The SMILES string of the molecule is CCNc1ccc(C(=O)NC(CNC(=O)Cc2csc(C3CCCC3)n2)c2ccccc2)cn1. The number of thiazole rings is 1. The fourth-order valence-corrected chi connectivity index (χ4v) is 5.19. The molecule has 2 aromatic heterocycles. The van der Waals surface area contributed by atoms with Crippen molar-refractivity contribution in [2.75, 3.05) is 18.4 Å². The van der Waals surface area contributed by atoms with Crippen molar-refractivity contribution < 1.29 is 9.59 Å². The Morgan fingerprint density at radius 3 is 2.62 bits per heavy atom. The van der Waals surface area contributed by atoms with Crippen LogP contribution in [0.25, 0.3) is 0 Å². The lowest BCUT2D eigenvalue weighted by Gasteiger charge is -2.20. The summed E-state index contributed by atoms with van der Waals surface area (Å²) in [5.41, 5.74) is 2.21. The summed E-state index contributed by atoms with van der Waals surface area (Å²) in [6.45, 7) is 3.04. The van der Waals surface area contributed by atoms with E-state index in [1.54, 1.807) is 29.7 Å². The van der Waals surface area contributed by atoms with E-state index in [0.29, 0.717) is 11.5 Å². The molecule has 0 saturated heterocycles. The first-order chi connectivity index (χ1) is 16.6. The van der Waals surface area contributed by atoms with Crippen molar-refractivity contribution in [3.63, 3.8) is 0 Å². The van der Waals surface area contributed by atoms with E-state index in [0.717, 1.165) is 28.6 Å². The van der Waals surface area contributed by atoms with Crippen LogP contribution < -0.4 is 16.0 Å². The van der Waals surface area contributed by atoms with Crippen molar-refractivity contribution in [3.8, 4) is 0 Å². The van der Waals surface area contributed by atoms with E-state index in [4.69, 9.17) is 4.98 Å². The van der Waals surface area contributed by atoms with Crippen LogP contribution >= 0.6 is 11.3 Å². The van der Waals surface area contributed by atoms with E-state index in [2.05, 4.69) is 20.9 Å². The Hall–Kier alpha value is -3.26. The van der Waals surface area contributed by atoms with Gasteiger partial charge in [0.2, 0.25) is 5.91 Å². The summed E-state index contributed by atoms with van der Waals surface area (Å²) in [5, 5.41) is 12.3. The van der Waals surface area contributed by atoms with Crippen molar-refractivity contribution in [1.29, 1.82) is 0 Å². The number of aromatic nitrogens is 2. The van der Waals surface area contributed by atoms with Crippen LogP contribution in [-0.4, -0.2) is 34.9 Å². The summed E-state index contributed by atoms with van der Waals surface area (Å²) in [7, 11) is 0. The number of amides is 2. The first kappa shape index (κ1) is 23.9. The molecule has 3 N–H and O–H groups in total. The Labute approximate surface area is 204 Å². The van der Waals surface area contributed by atoms with Crippen molar-refractivity contribution in [1.82, 2.24) is 20.6 Å². The van der Waals surface area contributed by atoms with Crippen LogP contribution in [0.4, 0.5) is 5.82 Å². The molecule has 1 atom stereocenters. The Bertz CT molecular complexity index is 1080. The molecule has 1 fully saturated rings. The topological polar surface area (TPSA) is 96.0 Å². The van der Waals surface area contributed by atoms with Crippen LogP contribution in [-0.2, 0) is 11.2 Å². The van der Waals surface area contributed by atoms with Gasteiger partial charge in [-0.2, -0.15) is 0 Å². The lowest BCUT2D eigenvalue weighted by Crippen LogP contribution is -2.38. The second kappa shape index (κ2) is 11.7. The number of rotatable bonds is 10. The number of carbonyl (C=O) groups is 2. The van der Waals surface area contributed by atoms with Crippen molar-refractivity contribution in [2.45, 2.75) is 51.0 Å². The van der Waals surface area contributed by atoms with Gasteiger partial charge in [0.15, 0.2) is 0 Å². The monoisotopic (exact) mass is 477 g/mol. The third-order valence-corrected chi connectivity index (χ3v) is 7.07. The first-order valence-corrected chi connectivity index (χ1v) is 12.8. The molecule has 1 unspecified atom stereocenters. The van der Waals surface area contributed by atoms with Crippen molar-refractivity contribution in [3.05, 3.63) is 75.9 Å². The highest BCUT2D eigenvalue weighted by Crippen LogP contribution is 2.35. The molecule has 0 spiro atoms. The second-order valence-electron chi connectivity index (χ2n) is 8.54. The molecule has 3 aromatic rings. The predicted molar refractivity (Wildman–Crippen MR) is 135 cm³/mol. The van der Waals surface area contributed by atoms with Gasteiger partial charge in [-0.1, -0.05) is 43.2 Å². The Kier molecular flexibility index (Phi) is 8.25. The summed E-state index contributed by atoms with van der Waals surface area (Å²) in [4.78, 5) is 34.5. The van der Waals surface area contributed by atoms with E-state index in [1.165, 1.54) is 25.7 Å². The molecule has 1 aromatic carbocycles. The van der Waals surface area contributed by atoms with E-state index in [1.807, 2.05) is 42.6 Å². The average Bonchev–Trinajstić information content (AvgIpc) is 3.55. The zero-order valence-corrected chi connectivity index (χ0v) is 20.2. The number of benzene rings is 1. The highest BCUT2D eigenvalue weighted by Gasteiger charge is 2.21. The van der Waals surface area contributed by atoms with Gasteiger partial charge in [0.25, 0.3) is 5.91 Å². The third kappa shape index (κ3) is 6.41. The van der Waals surface area contributed by atoms with Crippen molar-refractivity contribution >= 4 is 29.0 Å². The molecule has 0 aliphatic heterocycles. The van der Waals surface area contributed by atoms with Gasteiger partial charge >= 0.3 is 0 Å². The fourth-order valence-electron chi connectivity index (χ4n) is 4.20. The number of hydrogen-bond donors (Lipinski definition) is 3. The van der Waals surface area contributed by atoms with Gasteiger partial charge in [-0.25, -0.2) is 9.97 Å². The average molecular weight is 478 g/mol. The smallest absolute Gasteiger partial charge is 0.253 e. The highest BCUT2D eigenvalue weighted by molar-refractivity contribution is 7.09. The Morgan fingerprint density at radius 2 is 1.91 bits per heavy atom. The minimum atomic E-state index is -0.365. The van der Waals surface area contributed by atoms with Gasteiger partial charge in [0.1, 0.15) is 5.82 Å². The maximum absolute atomic E-state index is 12.9. The standard InChI is InChI=1S/C26H31N5O2S/c1-2-27-23-13-12-20(15-28-23)25(33)31-22(18-8-4-3-5-9-18)16-29-24(32)14-21-17-34-26(30-21)19-10-6-7-11-19/h3-5,8-9,12-13,15,17,19,22H,2,6-7,10-11,14,16H2,1H3,(H,27,28)(H,29,32)(H,31,33). The highest BCUT2D eigenvalue weighted by atomic mass is 32.1. The molecule has 0 bridgehead atoms. The third-order valence-electron chi connectivity index (χ3n) is 6.01. The van der Waals surface area contributed by atoms with Crippen molar-refractivity contribution in [2.24, 2.45) is 0 Å². The molecule has 2 amide bonds. The number of nitrogens with zero attached hydrogens (tertiary/aromatic N) is 2. The van der Waals surface area contributed by atoms with Crippen LogP contribution in [0.2, 0.25) is 0 Å². The van der Waals surface area contributed by atoms with E-state index in [-0.39, 0.29) is 30.8 Å². The van der Waals surface area contributed by atoms with Gasteiger partial charge in [-0.05, 0) is 37.5 Å². The molecule has 1 saturated carbocycles. The number of hydrogen-bond acceptors (Lipinski definition) is 6. The van der Waals surface area contributed by atoms with Crippen LogP contribution in [0.3, 0.4) is 0 Å². The minimum absolute atomic E-state index is 0.102. The van der Waals surface area contributed by atoms with E-state index >= 15 is 0 Å². The van der Waals surface area contributed by atoms with Crippen LogP contribution in [0.15, 0.2) is 54.0 Å². The summed E-state index contributed by atoms with van der Waals surface area (Å²) >= 11 is 1.66. The number of pyridine rings is 1. The molecule has 8 heteroatoms. The molecular weight excluding hydrogens is 446 g/mol. The van der Waals surface area contributed by atoms with Crippen LogP contribution in [0, 0.1) is 0 Å². The van der Waals surface area contributed by atoms with E-state index < -0.39 is 0 Å². The number of nitrogens with one attached hydrogen (secondary N) is 3. The summed E-state index contributed by atoms with van der Waals surface area (Å²) in [6.07, 6.45) is 6.73.